The summed E-state index contributed by atoms with van der Waals surface area (Å²) in [7, 11) is 0. The molecule has 16 heavy (non-hydrogen) atoms. The van der Waals surface area contributed by atoms with Crippen LogP contribution >= 0.6 is 0 Å². The molecular weight excluding hydrogens is 202 g/mol. The molecule has 2 aliphatic heterocycles. The van der Waals surface area contributed by atoms with E-state index in [1.165, 1.54) is 11.1 Å². The molecule has 3 rings (SSSR count). The number of rotatable bonds is 0. The minimum absolute atomic E-state index is 0.0544. The van der Waals surface area contributed by atoms with Crippen molar-refractivity contribution >= 4 is 5.91 Å². The Labute approximate surface area is 94.8 Å². The molecule has 1 N–H and O–H groups in total. The number of ether oxygens (including phenoxy) is 1. The molecule has 1 amide bonds. The van der Waals surface area contributed by atoms with E-state index < -0.39 is 5.60 Å². The fraction of sp³-hybridized carbons (Fsp3) is 0.462. The summed E-state index contributed by atoms with van der Waals surface area (Å²) >= 11 is 0. The number of carbonyl (C=O) groups is 1. The van der Waals surface area contributed by atoms with E-state index in [2.05, 4.69) is 18.3 Å². The summed E-state index contributed by atoms with van der Waals surface area (Å²) in [6, 6.07) is 6.16. The van der Waals surface area contributed by atoms with Crippen LogP contribution in [-0.4, -0.2) is 18.1 Å². The van der Waals surface area contributed by atoms with E-state index in [0.29, 0.717) is 0 Å². The van der Waals surface area contributed by atoms with E-state index in [4.69, 9.17) is 4.74 Å². The van der Waals surface area contributed by atoms with Crippen LogP contribution in [0.25, 0.3) is 0 Å². The second-order valence-electron chi connectivity index (χ2n) is 4.71. The molecule has 1 fully saturated rings. The maximum atomic E-state index is 11.8. The summed E-state index contributed by atoms with van der Waals surface area (Å²) < 4.78 is 5.94. The molecule has 3 heteroatoms. The lowest BCUT2D eigenvalue weighted by Crippen LogP contribution is -2.46. The Bertz CT molecular complexity index is 455. The third kappa shape index (κ3) is 1.31. The minimum Gasteiger partial charge on any atom is -0.477 e. The van der Waals surface area contributed by atoms with Crippen molar-refractivity contribution in [3.8, 4) is 5.75 Å². The predicted molar refractivity (Wildman–Crippen MR) is 60.5 cm³/mol. The standard InChI is InChI=1S/C13H15NO2/c1-9-2-3-11-10(8-9)4-5-13(16-11)6-7-14-12(13)15/h2-3,8H,4-7H2,1H3,(H,14,15). The SMILES string of the molecule is Cc1ccc2c(c1)CCC1(CCNC1=O)O2. The summed E-state index contributed by atoms with van der Waals surface area (Å²) in [6.07, 6.45) is 2.53. The van der Waals surface area contributed by atoms with Gasteiger partial charge >= 0.3 is 0 Å². The molecule has 1 unspecified atom stereocenters. The number of hydrogen-bond donors (Lipinski definition) is 1. The molecular formula is C13H15NO2. The van der Waals surface area contributed by atoms with Gasteiger partial charge in [0, 0.05) is 19.4 Å². The van der Waals surface area contributed by atoms with Crippen LogP contribution in [0.5, 0.6) is 5.75 Å². The molecule has 1 spiro atoms. The highest BCUT2D eigenvalue weighted by Gasteiger charge is 2.46. The van der Waals surface area contributed by atoms with Crippen LogP contribution in [0.15, 0.2) is 18.2 Å². The second-order valence-corrected chi connectivity index (χ2v) is 4.71. The van der Waals surface area contributed by atoms with Gasteiger partial charge in [0.05, 0.1) is 0 Å². The molecule has 1 aromatic rings. The Morgan fingerprint density at radius 2 is 2.25 bits per heavy atom. The van der Waals surface area contributed by atoms with Gasteiger partial charge in [-0.2, -0.15) is 0 Å². The summed E-state index contributed by atoms with van der Waals surface area (Å²) in [5.74, 6) is 0.938. The lowest BCUT2D eigenvalue weighted by molar-refractivity contribution is -0.133. The highest BCUT2D eigenvalue weighted by molar-refractivity contribution is 5.88. The highest BCUT2D eigenvalue weighted by Crippen LogP contribution is 2.37. The average Bonchev–Trinajstić information content (AvgIpc) is 2.61. The number of amides is 1. The van der Waals surface area contributed by atoms with Gasteiger partial charge in [0.2, 0.25) is 0 Å². The summed E-state index contributed by atoms with van der Waals surface area (Å²) in [5.41, 5.74) is 1.89. The molecule has 0 saturated carbocycles. The molecule has 0 bridgehead atoms. The quantitative estimate of drug-likeness (QED) is 0.716. The van der Waals surface area contributed by atoms with Gasteiger partial charge in [-0.25, -0.2) is 0 Å². The fourth-order valence-corrected chi connectivity index (χ4v) is 2.59. The number of fused-ring (bicyclic) bond motifs is 1. The first-order valence-electron chi connectivity index (χ1n) is 5.76. The summed E-state index contributed by atoms with van der Waals surface area (Å²) in [5, 5.41) is 2.86. The molecule has 84 valence electrons. The molecule has 0 radical (unpaired) electrons. The molecule has 1 atom stereocenters. The van der Waals surface area contributed by atoms with E-state index in [-0.39, 0.29) is 5.91 Å². The molecule has 0 aromatic heterocycles. The van der Waals surface area contributed by atoms with Crippen molar-refractivity contribution in [2.45, 2.75) is 31.8 Å². The Morgan fingerprint density at radius 3 is 3.00 bits per heavy atom. The Hall–Kier alpha value is -1.51. The van der Waals surface area contributed by atoms with Crippen LogP contribution in [0.4, 0.5) is 0 Å². The number of carbonyl (C=O) groups excluding carboxylic acids is 1. The molecule has 0 aliphatic carbocycles. The van der Waals surface area contributed by atoms with E-state index in [1.54, 1.807) is 0 Å². The molecule has 3 nitrogen and oxygen atoms in total. The Balaban J connectivity index is 1.97. The van der Waals surface area contributed by atoms with E-state index in [9.17, 15) is 4.79 Å². The van der Waals surface area contributed by atoms with Gasteiger partial charge in [0.15, 0.2) is 5.60 Å². The van der Waals surface area contributed by atoms with Crippen molar-refractivity contribution in [2.24, 2.45) is 0 Å². The van der Waals surface area contributed by atoms with Crippen molar-refractivity contribution in [3.63, 3.8) is 0 Å². The Morgan fingerprint density at radius 1 is 1.38 bits per heavy atom. The fourth-order valence-electron chi connectivity index (χ4n) is 2.59. The zero-order chi connectivity index (χ0) is 11.2. The zero-order valence-corrected chi connectivity index (χ0v) is 9.38. The van der Waals surface area contributed by atoms with Crippen LogP contribution in [0.2, 0.25) is 0 Å². The zero-order valence-electron chi connectivity index (χ0n) is 9.38. The minimum atomic E-state index is -0.581. The number of benzene rings is 1. The monoisotopic (exact) mass is 217 g/mol. The highest BCUT2D eigenvalue weighted by atomic mass is 16.5. The van der Waals surface area contributed by atoms with Crippen molar-refractivity contribution in [3.05, 3.63) is 29.3 Å². The summed E-state index contributed by atoms with van der Waals surface area (Å²) in [6.45, 7) is 2.81. The van der Waals surface area contributed by atoms with Crippen LogP contribution in [-0.2, 0) is 11.2 Å². The lowest BCUT2D eigenvalue weighted by atomic mass is 9.89. The van der Waals surface area contributed by atoms with Gasteiger partial charge in [-0.3, -0.25) is 4.79 Å². The number of nitrogens with one attached hydrogen (secondary N) is 1. The molecule has 2 aliphatic rings. The van der Waals surface area contributed by atoms with Crippen LogP contribution in [0, 0.1) is 6.92 Å². The molecule has 1 saturated heterocycles. The predicted octanol–water partition coefficient (Wildman–Crippen LogP) is 1.58. The molecule has 2 heterocycles. The van der Waals surface area contributed by atoms with E-state index in [0.717, 1.165) is 31.6 Å². The van der Waals surface area contributed by atoms with Crippen molar-refractivity contribution in [2.75, 3.05) is 6.54 Å². The van der Waals surface area contributed by atoms with Gasteiger partial charge in [-0.15, -0.1) is 0 Å². The first-order chi connectivity index (χ1) is 7.70. The third-order valence-corrected chi connectivity index (χ3v) is 3.55. The Kier molecular flexibility index (Phi) is 1.96. The van der Waals surface area contributed by atoms with Gasteiger partial charge < -0.3 is 10.1 Å². The third-order valence-electron chi connectivity index (χ3n) is 3.55. The van der Waals surface area contributed by atoms with Crippen LogP contribution in [0.1, 0.15) is 24.0 Å². The number of hydrogen-bond acceptors (Lipinski definition) is 2. The van der Waals surface area contributed by atoms with Crippen LogP contribution in [0.3, 0.4) is 0 Å². The first kappa shape index (κ1) is 9.70. The van der Waals surface area contributed by atoms with Crippen molar-refractivity contribution < 1.29 is 9.53 Å². The van der Waals surface area contributed by atoms with Gasteiger partial charge in [0.1, 0.15) is 5.75 Å². The maximum absolute atomic E-state index is 11.8. The topological polar surface area (TPSA) is 38.3 Å². The van der Waals surface area contributed by atoms with E-state index >= 15 is 0 Å². The largest absolute Gasteiger partial charge is 0.477 e. The lowest BCUT2D eigenvalue weighted by Gasteiger charge is -2.33. The van der Waals surface area contributed by atoms with Crippen molar-refractivity contribution in [1.29, 1.82) is 0 Å². The first-order valence-corrected chi connectivity index (χ1v) is 5.76. The number of aryl methyl sites for hydroxylation is 2. The van der Waals surface area contributed by atoms with E-state index in [1.807, 2.05) is 12.1 Å². The van der Waals surface area contributed by atoms with Gasteiger partial charge in [-0.05, 0) is 25.0 Å². The maximum Gasteiger partial charge on any atom is 0.264 e. The second kappa shape index (κ2) is 3.24. The van der Waals surface area contributed by atoms with Gasteiger partial charge in [0.25, 0.3) is 5.91 Å². The average molecular weight is 217 g/mol. The smallest absolute Gasteiger partial charge is 0.264 e. The van der Waals surface area contributed by atoms with Crippen molar-refractivity contribution in [1.82, 2.24) is 5.32 Å². The summed E-state index contributed by atoms with van der Waals surface area (Å²) in [4.78, 5) is 11.8. The normalized spacial score (nSPS) is 27.4. The van der Waals surface area contributed by atoms with Crippen LogP contribution < -0.4 is 10.1 Å². The van der Waals surface area contributed by atoms with Gasteiger partial charge in [-0.1, -0.05) is 17.7 Å². The molecule has 1 aromatic carbocycles.